The van der Waals surface area contributed by atoms with Gasteiger partial charge in [0.1, 0.15) is 9.84 Å². The molecule has 0 unspecified atom stereocenters. The molecule has 0 saturated carbocycles. The molecule has 0 spiro atoms. The Hall–Kier alpha value is -0.330. The molecule has 1 heterocycles. The Balaban J connectivity index is 0.00000200. The van der Waals surface area contributed by atoms with E-state index in [1.54, 1.807) is 0 Å². The van der Waals surface area contributed by atoms with Gasteiger partial charge in [-0.15, -0.1) is 12.4 Å². The van der Waals surface area contributed by atoms with Gasteiger partial charge in [-0.1, -0.05) is 23.7 Å². The van der Waals surface area contributed by atoms with Crippen molar-refractivity contribution in [2.24, 2.45) is 0 Å². The molecule has 7 heteroatoms. The van der Waals surface area contributed by atoms with Crippen LogP contribution in [0.3, 0.4) is 0 Å². The lowest BCUT2D eigenvalue weighted by atomic mass is 10.1. The summed E-state index contributed by atoms with van der Waals surface area (Å²) in [6, 6.07) is 7.94. The van der Waals surface area contributed by atoms with Crippen molar-refractivity contribution < 1.29 is 13.2 Å². The topological polar surface area (TPSA) is 55.4 Å². The van der Waals surface area contributed by atoms with Crippen molar-refractivity contribution in [1.82, 2.24) is 5.32 Å². The van der Waals surface area contributed by atoms with Gasteiger partial charge in [0.15, 0.2) is 0 Å². The number of ether oxygens (including phenoxy) is 1. The average Bonchev–Trinajstić information content (AvgIpc) is 2.33. The van der Waals surface area contributed by atoms with Crippen molar-refractivity contribution in [2.75, 3.05) is 25.2 Å². The number of rotatable bonds is 4. The van der Waals surface area contributed by atoms with E-state index in [1.807, 2.05) is 24.3 Å². The highest BCUT2D eigenvalue weighted by Gasteiger charge is 2.23. The number of morpholine rings is 1. The van der Waals surface area contributed by atoms with Gasteiger partial charge < -0.3 is 10.1 Å². The third-order valence-electron chi connectivity index (χ3n) is 3.05. The van der Waals surface area contributed by atoms with Gasteiger partial charge in [0, 0.05) is 23.9 Å². The highest BCUT2D eigenvalue weighted by atomic mass is 35.5. The predicted octanol–water partition coefficient (Wildman–Crippen LogP) is 1.71. The quantitative estimate of drug-likeness (QED) is 0.907. The molecule has 0 radical (unpaired) electrons. The fourth-order valence-corrected chi connectivity index (χ4v) is 3.16. The largest absolute Gasteiger partial charge is 0.374 e. The number of benzene rings is 1. The standard InChI is InChI=1S/C13H18ClNO3S.ClH/c1-19(16,17)9-13-7-15-12(8-18-13)6-10-2-4-11(14)5-3-10;/h2-5,12-13,15H,6-9H2,1H3;1H/t12-,13+;/m0./s1. The van der Waals surface area contributed by atoms with Crippen LogP contribution in [0.15, 0.2) is 24.3 Å². The van der Waals surface area contributed by atoms with Gasteiger partial charge in [-0.3, -0.25) is 0 Å². The van der Waals surface area contributed by atoms with Crippen LogP contribution in [0.2, 0.25) is 5.02 Å². The van der Waals surface area contributed by atoms with Crippen LogP contribution in [-0.4, -0.2) is 45.7 Å². The molecule has 0 aromatic heterocycles. The van der Waals surface area contributed by atoms with Crippen LogP contribution in [0.4, 0.5) is 0 Å². The molecule has 1 aliphatic rings. The van der Waals surface area contributed by atoms with Crippen molar-refractivity contribution in [3.05, 3.63) is 34.9 Å². The van der Waals surface area contributed by atoms with Gasteiger partial charge in [-0.05, 0) is 24.1 Å². The summed E-state index contributed by atoms with van der Waals surface area (Å²) in [7, 11) is -2.98. The lowest BCUT2D eigenvalue weighted by molar-refractivity contribution is 0.0174. The molecule has 1 aliphatic heterocycles. The van der Waals surface area contributed by atoms with Crippen LogP contribution in [-0.2, 0) is 21.0 Å². The minimum Gasteiger partial charge on any atom is -0.374 e. The highest BCUT2D eigenvalue weighted by Crippen LogP contribution is 2.13. The summed E-state index contributed by atoms with van der Waals surface area (Å²) >= 11 is 5.84. The molecule has 1 N–H and O–H groups in total. The molecule has 2 rings (SSSR count). The van der Waals surface area contributed by atoms with Gasteiger partial charge in [-0.25, -0.2) is 8.42 Å². The molecule has 0 bridgehead atoms. The van der Waals surface area contributed by atoms with Crippen LogP contribution < -0.4 is 5.32 Å². The second kappa shape index (κ2) is 7.61. The zero-order chi connectivity index (χ0) is 13.9. The third kappa shape index (κ3) is 5.97. The van der Waals surface area contributed by atoms with Crippen molar-refractivity contribution in [1.29, 1.82) is 0 Å². The smallest absolute Gasteiger partial charge is 0.150 e. The number of nitrogens with one attached hydrogen (secondary N) is 1. The molecule has 1 aromatic carbocycles. The summed E-state index contributed by atoms with van der Waals surface area (Å²) in [6.45, 7) is 1.11. The third-order valence-corrected chi connectivity index (χ3v) is 4.28. The molecule has 0 aliphatic carbocycles. The van der Waals surface area contributed by atoms with Gasteiger partial charge in [0.25, 0.3) is 0 Å². The molecule has 2 atom stereocenters. The van der Waals surface area contributed by atoms with E-state index >= 15 is 0 Å². The summed E-state index contributed by atoms with van der Waals surface area (Å²) in [4.78, 5) is 0. The maximum absolute atomic E-state index is 11.2. The number of sulfone groups is 1. The summed E-state index contributed by atoms with van der Waals surface area (Å²) in [5, 5.41) is 4.06. The normalized spacial score (nSPS) is 23.1. The van der Waals surface area contributed by atoms with E-state index in [0.29, 0.717) is 13.2 Å². The molecule has 4 nitrogen and oxygen atoms in total. The fourth-order valence-electron chi connectivity index (χ4n) is 2.15. The van der Waals surface area contributed by atoms with Gasteiger partial charge in [0.05, 0.1) is 18.5 Å². The number of hydrogen-bond acceptors (Lipinski definition) is 4. The van der Waals surface area contributed by atoms with E-state index in [1.165, 1.54) is 11.8 Å². The Morgan fingerprint density at radius 2 is 2.00 bits per heavy atom. The molecule has 1 fully saturated rings. The van der Waals surface area contributed by atoms with Crippen LogP contribution in [0.5, 0.6) is 0 Å². The molecular weight excluding hydrogens is 321 g/mol. The first kappa shape index (κ1) is 17.7. The van der Waals surface area contributed by atoms with Crippen molar-refractivity contribution >= 4 is 33.8 Å². The second-order valence-electron chi connectivity index (χ2n) is 4.98. The molecule has 114 valence electrons. The zero-order valence-corrected chi connectivity index (χ0v) is 13.6. The molecular formula is C13H19Cl2NO3S. The second-order valence-corrected chi connectivity index (χ2v) is 7.60. The maximum Gasteiger partial charge on any atom is 0.150 e. The van der Waals surface area contributed by atoms with E-state index in [9.17, 15) is 8.42 Å². The lowest BCUT2D eigenvalue weighted by Crippen LogP contribution is -2.49. The Kier molecular flexibility index (Phi) is 6.75. The van der Waals surface area contributed by atoms with E-state index in [-0.39, 0.29) is 30.3 Å². The van der Waals surface area contributed by atoms with Gasteiger partial charge in [-0.2, -0.15) is 0 Å². The SMILES string of the molecule is CS(=O)(=O)C[C@H]1CN[C@@H](Cc2ccc(Cl)cc2)CO1.Cl. The first-order chi connectivity index (χ1) is 8.92. The highest BCUT2D eigenvalue weighted by molar-refractivity contribution is 7.90. The number of halogens is 2. The van der Waals surface area contributed by atoms with E-state index in [0.717, 1.165) is 11.4 Å². The van der Waals surface area contributed by atoms with Crippen molar-refractivity contribution in [3.8, 4) is 0 Å². The minimum absolute atomic E-state index is 0. The zero-order valence-electron chi connectivity index (χ0n) is 11.2. The Morgan fingerprint density at radius 1 is 1.35 bits per heavy atom. The maximum atomic E-state index is 11.2. The lowest BCUT2D eigenvalue weighted by Gasteiger charge is -2.30. The first-order valence-electron chi connectivity index (χ1n) is 6.19. The molecule has 1 aromatic rings. The molecule has 20 heavy (non-hydrogen) atoms. The van der Waals surface area contributed by atoms with Crippen LogP contribution in [0, 0.1) is 0 Å². The first-order valence-corrected chi connectivity index (χ1v) is 8.63. The minimum atomic E-state index is -2.98. The van der Waals surface area contributed by atoms with Crippen molar-refractivity contribution in [2.45, 2.75) is 18.6 Å². The van der Waals surface area contributed by atoms with Crippen molar-refractivity contribution in [3.63, 3.8) is 0 Å². The summed E-state index contributed by atoms with van der Waals surface area (Å²) in [6.07, 6.45) is 1.84. The van der Waals surface area contributed by atoms with Crippen LogP contribution >= 0.6 is 24.0 Å². The molecule has 0 amide bonds. The van der Waals surface area contributed by atoms with Crippen LogP contribution in [0.25, 0.3) is 0 Å². The average molecular weight is 340 g/mol. The Bertz CT molecular complexity index is 511. The van der Waals surface area contributed by atoms with E-state index < -0.39 is 9.84 Å². The Labute approximate surface area is 131 Å². The fraction of sp³-hybridized carbons (Fsp3) is 0.538. The summed E-state index contributed by atoms with van der Waals surface area (Å²) in [5.74, 6) is 0.0770. The monoisotopic (exact) mass is 339 g/mol. The van der Waals surface area contributed by atoms with E-state index in [4.69, 9.17) is 16.3 Å². The number of hydrogen-bond donors (Lipinski definition) is 1. The van der Waals surface area contributed by atoms with Crippen LogP contribution in [0.1, 0.15) is 5.56 Å². The Morgan fingerprint density at radius 3 is 2.50 bits per heavy atom. The van der Waals surface area contributed by atoms with Gasteiger partial charge in [0.2, 0.25) is 0 Å². The predicted molar refractivity (Wildman–Crippen MR) is 83.6 cm³/mol. The summed E-state index contributed by atoms with van der Waals surface area (Å²) in [5.41, 5.74) is 1.19. The van der Waals surface area contributed by atoms with Gasteiger partial charge >= 0.3 is 0 Å². The van der Waals surface area contributed by atoms with E-state index in [2.05, 4.69) is 5.32 Å². The summed E-state index contributed by atoms with van der Waals surface area (Å²) < 4.78 is 28.0. The molecule has 1 saturated heterocycles.